The van der Waals surface area contributed by atoms with E-state index < -0.39 is 31.7 Å². The predicted octanol–water partition coefficient (Wildman–Crippen LogP) is 4.32. The summed E-state index contributed by atoms with van der Waals surface area (Å²) in [7, 11) is -8.69. The molecule has 0 saturated carbocycles. The van der Waals surface area contributed by atoms with Gasteiger partial charge in [0, 0.05) is 58.2 Å². The summed E-state index contributed by atoms with van der Waals surface area (Å²) < 4.78 is 94.8. The Morgan fingerprint density at radius 2 is 1.32 bits per heavy atom. The van der Waals surface area contributed by atoms with Crippen LogP contribution >= 0.6 is 0 Å². The molecule has 53 heavy (non-hydrogen) atoms. The summed E-state index contributed by atoms with van der Waals surface area (Å²) in [6.07, 6.45) is 4.92. The van der Waals surface area contributed by atoms with Crippen LogP contribution in [0.4, 0.5) is 5.69 Å². The van der Waals surface area contributed by atoms with E-state index in [1.807, 2.05) is 101 Å². The molecule has 0 amide bonds. The van der Waals surface area contributed by atoms with Crippen LogP contribution in [0.2, 0.25) is 0 Å². The van der Waals surface area contributed by atoms with Crippen LogP contribution in [-0.2, 0) is 26.8 Å². The Balaban J connectivity index is 0.00000435. The van der Waals surface area contributed by atoms with Crippen LogP contribution in [-0.4, -0.2) is 44.0 Å². The molecule has 8 rings (SSSR count). The van der Waals surface area contributed by atoms with Crippen LogP contribution < -0.4 is 65.6 Å². The molecule has 4 heterocycles. The fourth-order valence-electron chi connectivity index (χ4n) is 6.84. The van der Waals surface area contributed by atoms with Crippen LogP contribution in [0.15, 0.2) is 104 Å². The number of aromatic nitrogens is 1. The SMILES string of the molecule is CC(=Cc1oc2cc3c(cc2[n+]1CCCCS(=O)(=O)[O-])oc1ccccc13)C=C1Oc2cc3c(cc2N1CCCCS(=O)(=O)[O-])oc1ccccc13.[K+]. The van der Waals surface area contributed by atoms with Crippen molar-refractivity contribution in [3.63, 3.8) is 0 Å². The number of rotatable bonds is 12. The number of fused-ring (bicyclic) bond motifs is 8. The minimum absolute atomic E-state index is 0. The molecule has 0 spiro atoms. The smallest absolute Gasteiger partial charge is 0.748 e. The van der Waals surface area contributed by atoms with E-state index in [0.29, 0.717) is 60.2 Å². The maximum Gasteiger partial charge on any atom is 1.00 e. The van der Waals surface area contributed by atoms with Gasteiger partial charge in [-0.3, -0.25) is 0 Å². The van der Waals surface area contributed by atoms with Gasteiger partial charge < -0.3 is 32.0 Å². The Labute approximate surface area is 347 Å². The van der Waals surface area contributed by atoms with Gasteiger partial charge in [-0.05, 0) is 56.0 Å². The number of furan rings is 2. The third-order valence-electron chi connectivity index (χ3n) is 9.21. The summed E-state index contributed by atoms with van der Waals surface area (Å²) in [6, 6.07) is 23.1. The van der Waals surface area contributed by atoms with Crippen LogP contribution in [0.5, 0.6) is 5.75 Å². The molecule has 7 aromatic rings. The molecule has 0 unspecified atom stereocenters. The van der Waals surface area contributed by atoms with Gasteiger partial charge in [-0.25, -0.2) is 16.8 Å². The molecule has 1 aliphatic rings. The second kappa shape index (κ2) is 15.0. The molecule has 15 heteroatoms. The van der Waals surface area contributed by atoms with Crippen LogP contribution in [0.3, 0.4) is 0 Å². The second-order valence-electron chi connectivity index (χ2n) is 13.0. The zero-order valence-electron chi connectivity index (χ0n) is 29.0. The van der Waals surface area contributed by atoms with E-state index in [0.717, 1.165) is 49.5 Å². The molecule has 0 aliphatic carbocycles. The van der Waals surface area contributed by atoms with E-state index in [1.165, 1.54) is 0 Å². The first-order valence-corrected chi connectivity index (χ1v) is 20.0. The average Bonchev–Trinajstić information content (AvgIpc) is 3.82. The Bertz CT molecular complexity index is 2820. The zero-order chi connectivity index (χ0) is 36.2. The van der Waals surface area contributed by atoms with E-state index in [4.69, 9.17) is 18.0 Å². The third-order valence-corrected chi connectivity index (χ3v) is 10.8. The monoisotopic (exact) mass is 780 g/mol. The molecule has 0 saturated heterocycles. The van der Waals surface area contributed by atoms with Crippen molar-refractivity contribution >= 4 is 87.0 Å². The number of hydrogen-bond acceptors (Lipinski definition) is 11. The molecule has 4 aromatic carbocycles. The maximum absolute atomic E-state index is 11.3. The van der Waals surface area contributed by atoms with Crippen LogP contribution in [0, 0.1) is 0 Å². The van der Waals surface area contributed by atoms with Crippen molar-refractivity contribution in [2.24, 2.45) is 0 Å². The van der Waals surface area contributed by atoms with Gasteiger partial charge in [-0.15, -0.1) is 0 Å². The number of allylic oxidation sites excluding steroid dienone is 2. The average molecular weight is 781 g/mol. The van der Waals surface area contributed by atoms with Crippen LogP contribution in [0.1, 0.15) is 38.5 Å². The maximum atomic E-state index is 11.3. The Hall–Kier alpha value is -3.51. The number of hydrogen-bond donors (Lipinski definition) is 0. The second-order valence-corrected chi connectivity index (χ2v) is 16.0. The number of anilines is 1. The number of unbranched alkanes of at least 4 members (excludes halogenated alkanes) is 2. The van der Waals surface area contributed by atoms with Crippen LogP contribution in [0.25, 0.3) is 61.1 Å². The number of para-hydroxylation sites is 2. The van der Waals surface area contributed by atoms with Crippen molar-refractivity contribution in [3.05, 3.63) is 96.2 Å². The fraction of sp³-hybridized carbons (Fsp3) is 0.237. The quantitative estimate of drug-likeness (QED) is 0.0749. The van der Waals surface area contributed by atoms with Crippen molar-refractivity contribution in [2.75, 3.05) is 23.0 Å². The normalized spacial score (nSPS) is 14.6. The Kier molecular flexibility index (Phi) is 10.7. The van der Waals surface area contributed by atoms with Gasteiger partial charge in [0.15, 0.2) is 12.3 Å². The molecule has 3 aromatic heterocycles. The number of ether oxygens (including phenoxy) is 1. The van der Waals surface area contributed by atoms with E-state index >= 15 is 0 Å². The summed E-state index contributed by atoms with van der Waals surface area (Å²) >= 11 is 0. The minimum Gasteiger partial charge on any atom is -0.748 e. The molecule has 0 atom stereocenters. The summed E-state index contributed by atoms with van der Waals surface area (Å²) in [5.41, 5.74) is 5.71. The van der Waals surface area contributed by atoms with Gasteiger partial charge in [0.05, 0.1) is 38.1 Å². The fourth-order valence-corrected chi connectivity index (χ4v) is 7.96. The van der Waals surface area contributed by atoms with E-state index in [1.54, 1.807) is 0 Å². The number of benzene rings is 4. The van der Waals surface area contributed by atoms with Gasteiger partial charge in [0.1, 0.15) is 22.3 Å². The van der Waals surface area contributed by atoms with Gasteiger partial charge in [0.25, 0.3) is 5.52 Å². The molecule has 268 valence electrons. The summed E-state index contributed by atoms with van der Waals surface area (Å²) in [4.78, 5) is 1.94. The van der Waals surface area contributed by atoms with Crippen molar-refractivity contribution in [1.29, 1.82) is 0 Å². The predicted molar refractivity (Wildman–Crippen MR) is 195 cm³/mol. The third kappa shape index (κ3) is 7.99. The van der Waals surface area contributed by atoms with Gasteiger partial charge in [-0.1, -0.05) is 36.4 Å². The minimum atomic E-state index is -4.35. The standard InChI is InChI=1S/C38H34N2O10S2.K/c1-24(18-37-39(14-6-8-16-51(41,42)43)29-22-33-27(20-35(29)49-37)25-10-2-4-12-31(25)47-33)19-38-40(15-7-9-17-52(44,45)46)30-23-34-28(21-36(30)50-38)26-11-3-5-13-32(26)48-34;/h2-5,10-13,18-23H,6-9,14-17H2,1H3,(H-,41,42,43,44,45,46);/q;+1/p-1. The van der Waals surface area contributed by atoms with Crippen molar-refractivity contribution in [3.8, 4) is 5.75 Å². The summed E-state index contributed by atoms with van der Waals surface area (Å²) in [5, 5.41) is 3.69. The molecule has 12 nitrogen and oxygen atoms in total. The molecule has 0 radical (unpaired) electrons. The first kappa shape index (κ1) is 37.8. The van der Waals surface area contributed by atoms with Gasteiger partial charge in [-0.2, -0.15) is 4.57 Å². The number of aryl methyl sites for hydroxylation is 1. The topological polar surface area (TPSA) is 170 Å². The molecule has 0 fully saturated rings. The molecule has 0 N–H and O–H groups in total. The van der Waals surface area contributed by atoms with Crippen molar-refractivity contribution < 1.29 is 99.9 Å². The number of nitrogens with zero attached hydrogens (tertiary/aromatic N) is 2. The molecular weight excluding hydrogens is 748 g/mol. The summed E-state index contributed by atoms with van der Waals surface area (Å²) in [6.45, 7) is 2.66. The first-order chi connectivity index (χ1) is 24.9. The molecule has 1 aliphatic heterocycles. The molecule has 0 bridgehead atoms. The Morgan fingerprint density at radius 1 is 0.717 bits per heavy atom. The van der Waals surface area contributed by atoms with Crippen molar-refractivity contribution in [2.45, 2.75) is 39.2 Å². The first-order valence-electron chi connectivity index (χ1n) is 16.9. The van der Waals surface area contributed by atoms with E-state index in [-0.39, 0.29) is 64.2 Å². The molecular formula is C38H33KN2O10S2. The number of oxazole rings is 1. The largest absolute Gasteiger partial charge is 1.00 e. The van der Waals surface area contributed by atoms with Gasteiger partial charge in [0.2, 0.25) is 11.5 Å². The summed E-state index contributed by atoms with van der Waals surface area (Å²) in [5.74, 6) is 0.691. The van der Waals surface area contributed by atoms with Gasteiger partial charge >= 0.3 is 57.3 Å². The zero-order valence-corrected chi connectivity index (χ0v) is 33.8. The Morgan fingerprint density at radius 3 is 1.98 bits per heavy atom. The van der Waals surface area contributed by atoms with E-state index in [2.05, 4.69) is 0 Å². The van der Waals surface area contributed by atoms with Crippen molar-refractivity contribution in [1.82, 2.24) is 0 Å². The van der Waals surface area contributed by atoms with E-state index in [9.17, 15) is 25.9 Å².